The van der Waals surface area contributed by atoms with E-state index in [1.54, 1.807) is 12.5 Å². The van der Waals surface area contributed by atoms with Gasteiger partial charge in [-0.3, -0.25) is 5.10 Å². The Labute approximate surface area is 112 Å². The number of ether oxygens (including phenoxy) is 1. The highest BCUT2D eigenvalue weighted by Crippen LogP contribution is 2.30. The zero-order valence-electron chi connectivity index (χ0n) is 11.4. The summed E-state index contributed by atoms with van der Waals surface area (Å²) in [5, 5.41) is 7.91. The van der Waals surface area contributed by atoms with E-state index in [4.69, 9.17) is 4.74 Å². The third kappa shape index (κ3) is 2.28. The zero-order valence-corrected chi connectivity index (χ0v) is 11.4. The Morgan fingerprint density at radius 1 is 1.37 bits per heavy atom. The van der Waals surface area contributed by atoms with E-state index in [0.717, 1.165) is 49.4 Å². The Morgan fingerprint density at radius 3 is 2.89 bits per heavy atom. The molecule has 1 N–H and O–H groups in total. The monoisotopic (exact) mass is 261 g/mol. The Kier molecular flexibility index (Phi) is 3.10. The molecule has 0 saturated carbocycles. The van der Waals surface area contributed by atoms with Crippen LogP contribution in [0.25, 0.3) is 11.0 Å². The van der Waals surface area contributed by atoms with Crippen LogP contribution in [0.15, 0.2) is 12.5 Å². The van der Waals surface area contributed by atoms with Gasteiger partial charge in [-0.2, -0.15) is 5.10 Å². The van der Waals surface area contributed by atoms with E-state index in [0.29, 0.717) is 0 Å². The fourth-order valence-electron chi connectivity index (χ4n) is 2.69. The number of aromatic nitrogens is 4. The number of anilines is 1. The Balaban J connectivity index is 1.80. The Morgan fingerprint density at radius 2 is 2.16 bits per heavy atom. The molecule has 1 aliphatic heterocycles. The van der Waals surface area contributed by atoms with Gasteiger partial charge in [0.2, 0.25) is 0 Å². The third-order valence-corrected chi connectivity index (χ3v) is 3.84. The summed E-state index contributed by atoms with van der Waals surface area (Å²) >= 11 is 0. The van der Waals surface area contributed by atoms with Crippen LogP contribution in [0, 0.1) is 0 Å². The predicted octanol–water partition coefficient (Wildman–Crippen LogP) is 1.75. The van der Waals surface area contributed by atoms with E-state index in [-0.39, 0.29) is 5.60 Å². The normalized spacial score (nSPS) is 18.9. The summed E-state index contributed by atoms with van der Waals surface area (Å²) < 4.78 is 5.85. The van der Waals surface area contributed by atoms with Gasteiger partial charge < -0.3 is 9.64 Å². The van der Waals surface area contributed by atoms with Crippen molar-refractivity contribution < 1.29 is 4.74 Å². The molecule has 1 saturated heterocycles. The molecule has 6 heteroatoms. The lowest BCUT2D eigenvalue weighted by molar-refractivity contribution is -0.0414. The van der Waals surface area contributed by atoms with Crippen molar-refractivity contribution in [1.29, 1.82) is 0 Å². The lowest BCUT2D eigenvalue weighted by atomic mass is 9.93. The van der Waals surface area contributed by atoms with Gasteiger partial charge in [-0.25, -0.2) is 9.97 Å². The summed E-state index contributed by atoms with van der Waals surface area (Å²) in [6, 6.07) is 0. The van der Waals surface area contributed by atoms with Crippen molar-refractivity contribution in [1.82, 2.24) is 20.2 Å². The second-order valence-electron chi connectivity index (χ2n) is 5.20. The van der Waals surface area contributed by atoms with Crippen LogP contribution in [-0.2, 0) is 4.74 Å². The van der Waals surface area contributed by atoms with E-state index in [1.165, 1.54) is 0 Å². The highest BCUT2D eigenvalue weighted by atomic mass is 16.5. The van der Waals surface area contributed by atoms with Gasteiger partial charge in [0.1, 0.15) is 12.1 Å². The Bertz CT molecular complexity index is 559. The van der Waals surface area contributed by atoms with E-state index in [1.807, 2.05) is 0 Å². The van der Waals surface area contributed by atoms with Gasteiger partial charge >= 0.3 is 0 Å². The number of fused-ring (bicyclic) bond motifs is 1. The molecule has 3 rings (SSSR count). The van der Waals surface area contributed by atoms with E-state index >= 15 is 0 Å². The molecule has 0 radical (unpaired) electrons. The number of piperidine rings is 1. The van der Waals surface area contributed by atoms with Crippen molar-refractivity contribution in [2.45, 2.75) is 32.3 Å². The van der Waals surface area contributed by atoms with Gasteiger partial charge in [-0.15, -0.1) is 0 Å². The van der Waals surface area contributed by atoms with Crippen molar-refractivity contribution in [3.8, 4) is 0 Å². The fraction of sp³-hybridized carbons (Fsp3) is 0.615. The molecular weight excluding hydrogens is 242 g/mol. The van der Waals surface area contributed by atoms with E-state index in [9.17, 15) is 0 Å². The molecule has 0 aromatic carbocycles. The summed E-state index contributed by atoms with van der Waals surface area (Å²) in [6.45, 7) is 6.93. The zero-order chi connectivity index (χ0) is 13.3. The lowest BCUT2D eigenvalue weighted by Gasteiger charge is -2.39. The minimum Gasteiger partial charge on any atom is -0.375 e. The van der Waals surface area contributed by atoms with Crippen LogP contribution in [-0.4, -0.2) is 45.5 Å². The van der Waals surface area contributed by atoms with Gasteiger partial charge in [0, 0.05) is 19.7 Å². The number of hydrogen-bond donors (Lipinski definition) is 1. The molecule has 0 aliphatic carbocycles. The predicted molar refractivity (Wildman–Crippen MR) is 73.2 cm³/mol. The Hall–Kier alpha value is -1.69. The number of aromatic amines is 1. The minimum absolute atomic E-state index is 0.00773. The molecule has 0 unspecified atom stereocenters. The highest BCUT2D eigenvalue weighted by molar-refractivity contribution is 5.86. The quantitative estimate of drug-likeness (QED) is 0.911. The fourth-order valence-corrected chi connectivity index (χ4v) is 2.69. The molecule has 0 spiro atoms. The largest absolute Gasteiger partial charge is 0.375 e. The van der Waals surface area contributed by atoms with Crippen molar-refractivity contribution >= 4 is 16.9 Å². The molecule has 0 bridgehead atoms. The van der Waals surface area contributed by atoms with Crippen LogP contribution in [0.5, 0.6) is 0 Å². The molecule has 6 nitrogen and oxygen atoms in total. The average Bonchev–Trinajstić information content (AvgIpc) is 2.88. The van der Waals surface area contributed by atoms with Crippen molar-refractivity contribution in [3.05, 3.63) is 12.5 Å². The van der Waals surface area contributed by atoms with E-state index < -0.39 is 0 Å². The molecule has 2 aromatic rings. The molecule has 3 heterocycles. The van der Waals surface area contributed by atoms with Gasteiger partial charge in [0.25, 0.3) is 0 Å². The van der Waals surface area contributed by atoms with Crippen LogP contribution in [0.1, 0.15) is 26.7 Å². The summed E-state index contributed by atoms with van der Waals surface area (Å²) in [7, 11) is 0. The topological polar surface area (TPSA) is 66.9 Å². The van der Waals surface area contributed by atoms with Gasteiger partial charge in [0.05, 0.1) is 17.2 Å². The van der Waals surface area contributed by atoms with Crippen LogP contribution in [0.4, 0.5) is 5.82 Å². The van der Waals surface area contributed by atoms with Crippen LogP contribution < -0.4 is 4.90 Å². The average molecular weight is 261 g/mol. The van der Waals surface area contributed by atoms with Crippen molar-refractivity contribution in [2.75, 3.05) is 24.6 Å². The number of rotatable bonds is 3. The van der Waals surface area contributed by atoms with E-state index in [2.05, 4.69) is 38.9 Å². The third-order valence-electron chi connectivity index (χ3n) is 3.84. The number of nitrogens with one attached hydrogen (secondary N) is 1. The van der Waals surface area contributed by atoms with Crippen molar-refractivity contribution in [2.24, 2.45) is 0 Å². The minimum atomic E-state index is 0.00773. The molecule has 19 heavy (non-hydrogen) atoms. The number of H-pyrrole nitrogens is 1. The molecule has 0 atom stereocenters. The molecule has 102 valence electrons. The number of hydrogen-bond acceptors (Lipinski definition) is 5. The summed E-state index contributed by atoms with van der Waals surface area (Å²) in [5.74, 6) is 0.970. The molecule has 1 aliphatic rings. The first-order chi connectivity index (χ1) is 9.22. The summed E-state index contributed by atoms with van der Waals surface area (Å²) in [6.07, 6.45) is 5.42. The maximum atomic E-state index is 5.85. The second kappa shape index (κ2) is 4.77. The first-order valence-corrected chi connectivity index (χ1v) is 6.75. The summed E-state index contributed by atoms with van der Waals surface area (Å²) in [5.41, 5.74) is 0.802. The summed E-state index contributed by atoms with van der Waals surface area (Å²) in [4.78, 5) is 10.9. The van der Waals surface area contributed by atoms with Crippen LogP contribution in [0.3, 0.4) is 0 Å². The maximum Gasteiger partial charge on any atom is 0.160 e. The molecule has 0 amide bonds. The lowest BCUT2D eigenvalue weighted by Crippen LogP contribution is -2.44. The molecular formula is C13H19N5O. The number of nitrogens with zero attached hydrogens (tertiary/aromatic N) is 4. The SMILES string of the molecule is CCOC1(C)CCN(c2ncnc3[nH]ncc23)CC1. The van der Waals surface area contributed by atoms with Crippen molar-refractivity contribution in [3.63, 3.8) is 0 Å². The first-order valence-electron chi connectivity index (χ1n) is 6.75. The van der Waals surface area contributed by atoms with Gasteiger partial charge in [-0.1, -0.05) is 0 Å². The van der Waals surface area contributed by atoms with Crippen LogP contribution >= 0.6 is 0 Å². The smallest absolute Gasteiger partial charge is 0.160 e. The van der Waals surface area contributed by atoms with Crippen LogP contribution in [0.2, 0.25) is 0 Å². The van der Waals surface area contributed by atoms with Gasteiger partial charge in [0.15, 0.2) is 5.65 Å². The van der Waals surface area contributed by atoms with Gasteiger partial charge in [-0.05, 0) is 26.7 Å². The standard InChI is InChI=1S/C13H19N5O/c1-3-19-13(2)4-6-18(7-5-13)12-10-8-16-17-11(10)14-9-15-12/h8-9H,3-7H2,1-2H3,(H,14,15,16,17). The highest BCUT2D eigenvalue weighted by Gasteiger charge is 2.31. The maximum absolute atomic E-state index is 5.85. The molecule has 2 aromatic heterocycles. The molecule has 1 fully saturated rings. The first kappa shape index (κ1) is 12.3. The second-order valence-corrected chi connectivity index (χ2v) is 5.20.